The average Bonchev–Trinajstić information content (AvgIpc) is 3.24. The highest BCUT2D eigenvalue weighted by atomic mass is 16.5. The van der Waals surface area contributed by atoms with Gasteiger partial charge in [-0.3, -0.25) is 0 Å². The van der Waals surface area contributed by atoms with Crippen LogP contribution in [-0.4, -0.2) is 27.2 Å². The number of benzene rings is 1. The van der Waals surface area contributed by atoms with E-state index in [-0.39, 0.29) is 6.10 Å². The number of H-pyrrole nitrogens is 1. The van der Waals surface area contributed by atoms with Crippen LogP contribution in [0.4, 0.5) is 0 Å². The number of hydrogen-bond acceptors (Lipinski definition) is 5. The van der Waals surface area contributed by atoms with Gasteiger partial charge in [-0.1, -0.05) is 18.1 Å². The third-order valence-electron chi connectivity index (χ3n) is 4.33. The summed E-state index contributed by atoms with van der Waals surface area (Å²) in [6.07, 6.45) is 2.58. The largest absolute Gasteiger partial charge is 0.377 e. The summed E-state index contributed by atoms with van der Waals surface area (Å²) in [4.78, 5) is 12.2. The van der Waals surface area contributed by atoms with Crippen LogP contribution < -0.4 is 0 Å². The summed E-state index contributed by atoms with van der Waals surface area (Å²) >= 11 is 0. The van der Waals surface area contributed by atoms with Crippen molar-refractivity contribution in [3.63, 3.8) is 0 Å². The van der Waals surface area contributed by atoms with Crippen LogP contribution in [-0.2, 0) is 11.2 Å². The standard InChI is InChI=1S/C18H18N4O2/c1-4-17-21-18(24-22-17)15-8-13-12-7-11(10(2)23-3)5-6-14(12)20-16(13)9-19-15/h5-10,20H,4H2,1-3H3. The van der Waals surface area contributed by atoms with Crippen LogP contribution in [0.5, 0.6) is 0 Å². The van der Waals surface area contributed by atoms with Crippen molar-refractivity contribution in [3.8, 4) is 11.6 Å². The maximum atomic E-state index is 5.43. The summed E-state index contributed by atoms with van der Waals surface area (Å²) in [5.74, 6) is 1.13. The van der Waals surface area contributed by atoms with Gasteiger partial charge in [-0.05, 0) is 30.7 Å². The van der Waals surface area contributed by atoms with Gasteiger partial charge in [-0.15, -0.1) is 0 Å². The number of ether oxygens (including phenoxy) is 1. The molecular formula is C18H18N4O2. The molecule has 24 heavy (non-hydrogen) atoms. The Morgan fingerprint density at radius 1 is 1.21 bits per heavy atom. The molecule has 0 aliphatic rings. The summed E-state index contributed by atoms with van der Waals surface area (Å²) in [5.41, 5.74) is 3.86. The predicted octanol–water partition coefficient (Wildman–Crippen LogP) is 4.04. The number of pyridine rings is 1. The fourth-order valence-corrected chi connectivity index (χ4v) is 2.82. The fourth-order valence-electron chi connectivity index (χ4n) is 2.82. The summed E-state index contributed by atoms with van der Waals surface area (Å²) in [5, 5.41) is 6.15. The molecule has 0 aliphatic heterocycles. The highest BCUT2D eigenvalue weighted by Gasteiger charge is 2.13. The molecule has 6 nitrogen and oxygen atoms in total. The Kier molecular flexibility index (Phi) is 3.54. The molecule has 1 unspecified atom stereocenters. The van der Waals surface area contributed by atoms with Crippen molar-refractivity contribution in [3.05, 3.63) is 41.9 Å². The van der Waals surface area contributed by atoms with Crippen LogP contribution in [0.3, 0.4) is 0 Å². The van der Waals surface area contributed by atoms with Gasteiger partial charge >= 0.3 is 0 Å². The maximum absolute atomic E-state index is 5.43. The highest BCUT2D eigenvalue weighted by molar-refractivity contribution is 6.08. The van der Waals surface area contributed by atoms with E-state index < -0.39 is 0 Å². The smallest absolute Gasteiger partial charge is 0.276 e. The van der Waals surface area contributed by atoms with Gasteiger partial charge in [0.05, 0.1) is 17.8 Å². The Morgan fingerprint density at radius 2 is 2.04 bits per heavy atom. The van der Waals surface area contributed by atoms with Gasteiger partial charge in [-0.25, -0.2) is 4.98 Å². The molecule has 0 saturated carbocycles. The quantitative estimate of drug-likeness (QED) is 0.613. The van der Waals surface area contributed by atoms with Crippen molar-refractivity contribution in [1.82, 2.24) is 20.1 Å². The molecule has 3 heterocycles. The van der Waals surface area contributed by atoms with E-state index in [1.54, 1.807) is 13.3 Å². The number of fused-ring (bicyclic) bond motifs is 3. The molecule has 6 heteroatoms. The van der Waals surface area contributed by atoms with Gasteiger partial charge in [-0.2, -0.15) is 4.98 Å². The van der Waals surface area contributed by atoms with Crippen molar-refractivity contribution in [2.24, 2.45) is 0 Å². The zero-order valence-electron chi connectivity index (χ0n) is 13.8. The van der Waals surface area contributed by atoms with E-state index in [2.05, 4.69) is 38.3 Å². The molecule has 1 atom stereocenters. The minimum absolute atomic E-state index is 0.0451. The molecule has 0 amide bonds. The van der Waals surface area contributed by atoms with Crippen molar-refractivity contribution in [2.75, 3.05) is 7.11 Å². The van der Waals surface area contributed by atoms with Gasteiger partial charge in [0.1, 0.15) is 5.69 Å². The Morgan fingerprint density at radius 3 is 2.79 bits per heavy atom. The molecule has 4 aromatic rings. The second-order valence-corrected chi connectivity index (χ2v) is 5.79. The van der Waals surface area contributed by atoms with Crippen molar-refractivity contribution in [2.45, 2.75) is 26.4 Å². The first-order chi connectivity index (χ1) is 11.7. The molecule has 0 bridgehead atoms. The van der Waals surface area contributed by atoms with Crippen LogP contribution >= 0.6 is 0 Å². The van der Waals surface area contributed by atoms with Crippen LogP contribution in [0.25, 0.3) is 33.4 Å². The number of nitrogens with zero attached hydrogens (tertiary/aromatic N) is 3. The highest BCUT2D eigenvalue weighted by Crippen LogP contribution is 2.30. The molecule has 1 N–H and O–H groups in total. The van der Waals surface area contributed by atoms with Gasteiger partial charge in [0, 0.05) is 29.8 Å². The zero-order chi connectivity index (χ0) is 16.7. The van der Waals surface area contributed by atoms with Gasteiger partial charge in [0.15, 0.2) is 5.82 Å². The number of aromatic amines is 1. The third-order valence-corrected chi connectivity index (χ3v) is 4.33. The lowest BCUT2D eigenvalue weighted by Gasteiger charge is -2.09. The zero-order valence-corrected chi connectivity index (χ0v) is 13.8. The van der Waals surface area contributed by atoms with E-state index in [0.717, 1.165) is 33.8 Å². The minimum atomic E-state index is 0.0451. The molecule has 3 aromatic heterocycles. The average molecular weight is 322 g/mol. The first-order valence-corrected chi connectivity index (χ1v) is 7.96. The van der Waals surface area contributed by atoms with E-state index in [0.29, 0.717) is 17.4 Å². The van der Waals surface area contributed by atoms with Crippen molar-refractivity contribution in [1.29, 1.82) is 0 Å². The topological polar surface area (TPSA) is 76.8 Å². The van der Waals surface area contributed by atoms with Crippen LogP contribution in [0, 0.1) is 0 Å². The minimum Gasteiger partial charge on any atom is -0.377 e. The van der Waals surface area contributed by atoms with Gasteiger partial charge in [0.2, 0.25) is 0 Å². The van der Waals surface area contributed by atoms with E-state index >= 15 is 0 Å². The summed E-state index contributed by atoms with van der Waals surface area (Å²) in [6.45, 7) is 4.02. The normalized spacial score (nSPS) is 13.0. The monoisotopic (exact) mass is 322 g/mol. The van der Waals surface area contributed by atoms with Gasteiger partial charge < -0.3 is 14.2 Å². The lowest BCUT2D eigenvalue weighted by molar-refractivity contribution is 0.119. The van der Waals surface area contributed by atoms with E-state index in [1.807, 2.05) is 19.9 Å². The first kappa shape index (κ1) is 14.8. The number of aromatic nitrogens is 4. The third kappa shape index (κ3) is 2.35. The fraction of sp³-hybridized carbons (Fsp3) is 0.278. The Labute approximate surface area is 138 Å². The summed E-state index contributed by atoms with van der Waals surface area (Å²) in [7, 11) is 1.72. The molecule has 122 valence electrons. The summed E-state index contributed by atoms with van der Waals surface area (Å²) in [6, 6.07) is 8.28. The van der Waals surface area contributed by atoms with Crippen molar-refractivity contribution < 1.29 is 9.26 Å². The second-order valence-electron chi connectivity index (χ2n) is 5.79. The Hall–Kier alpha value is -2.73. The Balaban J connectivity index is 1.88. The molecule has 0 fully saturated rings. The predicted molar refractivity (Wildman–Crippen MR) is 91.7 cm³/mol. The molecule has 0 saturated heterocycles. The Bertz CT molecular complexity index is 1020. The number of nitrogens with one attached hydrogen (secondary N) is 1. The van der Waals surface area contributed by atoms with E-state index in [1.165, 1.54) is 0 Å². The van der Waals surface area contributed by atoms with Gasteiger partial charge in [0.25, 0.3) is 5.89 Å². The van der Waals surface area contributed by atoms with Crippen molar-refractivity contribution >= 4 is 21.8 Å². The molecule has 0 spiro atoms. The SMILES string of the molecule is CCc1noc(-c2cc3c(cn2)[nH]c2ccc(C(C)OC)cc23)n1. The van der Waals surface area contributed by atoms with Crippen LogP contribution in [0.1, 0.15) is 31.3 Å². The van der Waals surface area contributed by atoms with Crippen LogP contribution in [0.2, 0.25) is 0 Å². The van der Waals surface area contributed by atoms with E-state index in [9.17, 15) is 0 Å². The molecule has 0 aliphatic carbocycles. The maximum Gasteiger partial charge on any atom is 0.276 e. The molecule has 0 radical (unpaired) electrons. The lowest BCUT2D eigenvalue weighted by atomic mass is 10.1. The molecule has 4 rings (SSSR count). The number of rotatable bonds is 4. The number of methoxy groups -OCH3 is 1. The second kappa shape index (κ2) is 5.72. The number of aryl methyl sites for hydroxylation is 1. The van der Waals surface area contributed by atoms with Crippen LogP contribution in [0.15, 0.2) is 35.0 Å². The molecular weight excluding hydrogens is 304 g/mol. The summed E-state index contributed by atoms with van der Waals surface area (Å²) < 4.78 is 10.7. The first-order valence-electron chi connectivity index (χ1n) is 7.96. The number of hydrogen-bond donors (Lipinski definition) is 1. The van der Waals surface area contributed by atoms with E-state index in [4.69, 9.17) is 9.26 Å². The molecule has 1 aromatic carbocycles. The lowest BCUT2D eigenvalue weighted by Crippen LogP contribution is -1.94.